The molecule has 0 saturated carbocycles. The molecule has 1 aromatic heterocycles. The van der Waals surface area contributed by atoms with Crippen LogP contribution in [-0.2, 0) is 20.4 Å². The lowest BCUT2D eigenvalue weighted by Crippen LogP contribution is -2.47. The van der Waals surface area contributed by atoms with Crippen LogP contribution in [0.25, 0.3) is 0 Å². The smallest absolute Gasteiger partial charge is 0.434 e. The molecular formula is C21H30F3N5O4. The third-order valence-corrected chi connectivity index (χ3v) is 5.44. The SMILES string of the molecule is CC(C)(C)OC(=O)NCCOC1CCN(C2CCN(c3cnc(C(F)(F)F)cn3)CC2)C1=O. The maximum absolute atomic E-state index is 12.7. The van der Waals surface area contributed by atoms with Gasteiger partial charge in [0.25, 0.3) is 5.91 Å². The number of alkyl halides is 3. The number of ether oxygens (including phenoxy) is 2. The van der Waals surface area contributed by atoms with Crippen molar-refractivity contribution in [3.63, 3.8) is 0 Å². The van der Waals surface area contributed by atoms with E-state index in [1.807, 2.05) is 9.80 Å². The first-order valence-corrected chi connectivity index (χ1v) is 11.0. The molecule has 12 heteroatoms. The summed E-state index contributed by atoms with van der Waals surface area (Å²) in [5.41, 5.74) is -1.60. The minimum absolute atomic E-state index is 0.0460. The molecule has 0 bridgehead atoms. The minimum Gasteiger partial charge on any atom is -0.444 e. The third-order valence-electron chi connectivity index (χ3n) is 5.44. The fourth-order valence-electron chi connectivity index (χ4n) is 3.90. The Kier molecular flexibility index (Phi) is 7.65. The Bertz CT molecular complexity index is 821. The van der Waals surface area contributed by atoms with Crippen molar-refractivity contribution >= 4 is 17.8 Å². The van der Waals surface area contributed by atoms with E-state index in [0.29, 0.717) is 44.7 Å². The monoisotopic (exact) mass is 473 g/mol. The van der Waals surface area contributed by atoms with Crippen molar-refractivity contribution < 1.29 is 32.2 Å². The normalized spacial score (nSPS) is 20.3. The highest BCUT2D eigenvalue weighted by Gasteiger charge is 2.38. The summed E-state index contributed by atoms with van der Waals surface area (Å²) in [6.45, 7) is 7.50. The van der Waals surface area contributed by atoms with Crippen LogP contribution in [0.5, 0.6) is 0 Å². The lowest BCUT2D eigenvalue weighted by Gasteiger charge is -2.37. The molecule has 9 nitrogen and oxygen atoms in total. The van der Waals surface area contributed by atoms with Gasteiger partial charge in [0.1, 0.15) is 17.5 Å². The standard InChI is InChI=1S/C21H30F3N5O4/c1-20(2,3)33-19(31)25-7-11-32-15-6-10-29(18(15)30)14-4-8-28(9-5-14)17-13-26-16(12-27-17)21(22,23)24/h12-15H,4-11H2,1-3H3,(H,25,31). The first-order valence-electron chi connectivity index (χ1n) is 11.0. The van der Waals surface area contributed by atoms with Crippen molar-refractivity contribution in [1.29, 1.82) is 0 Å². The average molecular weight is 473 g/mol. The van der Waals surface area contributed by atoms with Crippen LogP contribution in [0, 0.1) is 0 Å². The molecule has 0 radical (unpaired) electrons. The van der Waals surface area contributed by atoms with Crippen molar-refractivity contribution in [3.05, 3.63) is 18.1 Å². The molecule has 1 N–H and O–H groups in total. The molecule has 2 aliphatic rings. The van der Waals surface area contributed by atoms with Crippen LogP contribution < -0.4 is 10.2 Å². The van der Waals surface area contributed by atoms with Gasteiger partial charge >= 0.3 is 12.3 Å². The van der Waals surface area contributed by atoms with Gasteiger partial charge in [-0.15, -0.1) is 0 Å². The van der Waals surface area contributed by atoms with Gasteiger partial charge in [-0.05, 0) is 33.6 Å². The lowest BCUT2D eigenvalue weighted by atomic mass is 10.0. The van der Waals surface area contributed by atoms with E-state index in [1.165, 1.54) is 0 Å². The van der Waals surface area contributed by atoms with Crippen molar-refractivity contribution in [2.75, 3.05) is 37.7 Å². The number of nitrogens with zero attached hydrogens (tertiary/aromatic N) is 4. The summed E-state index contributed by atoms with van der Waals surface area (Å²) in [4.78, 5) is 35.4. The van der Waals surface area contributed by atoms with Gasteiger partial charge in [-0.3, -0.25) is 4.79 Å². The summed E-state index contributed by atoms with van der Waals surface area (Å²) in [6, 6.07) is 0.0460. The molecule has 184 valence electrons. The number of halogens is 3. The zero-order chi connectivity index (χ0) is 24.2. The molecule has 0 aromatic carbocycles. The number of aromatic nitrogens is 2. The quantitative estimate of drug-likeness (QED) is 0.635. The summed E-state index contributed by atoms with van der Waals surface area (Å²) in [5, 5.41) is 2.59. The lowest BCUT2D eigenvalue weighted by molar-refractivity contribution is -0.141. The topological polar surface area (TPSA) is 96.9 Å². The Labute approximate surface area is 190 Å². The van der Waals surface area contributed by atoms with E-state index in [1.54, 1.807) is 20.8 Å². The van der Waals surface area contributed by atoms with E-state index in [0.717, 1.165) is 12.4 Å². The molecule has 2 fully saturated rings. The molecule has 2 amide bonds. The highest BCUT2D eigenvalue weighted by Crippen LogP contribution is 2.29. The molecule has 0 aliphatic carbocycles. The second-order valence-corrected chi connectivity index (χ2v) is 9.08. The van der Waals surface area contributed by atoms with Crippen LogP contribution in [0.2, 0.25) is 0 Å². The summed E-state index contributed by atoms with van der Waals surface area (Å²) in [6.07, 6.45) is -1.76. The number of amides is 2. The number of nitrogens with one attached hydrogen (secondary N) is 1. The van der Waals surface area contributed by atoms with Crippen LogP contribution in [0.4, 0.5) is 23.8 Å². The number of rotatable bonds is 6. The second kappa shape index (κ2) is 10.1. The molecular weight excluding hydrogens is 443 g/mol. The number of carbonyl (C=O) groups excluding carboxylic acids is 2. The first-order chi connectivity index (χ1) is 15.4. The molecule has 1 aromatic rings. The number of carbonyl (C=O) groups is 2. The number of anilines is 1. The maximum atomic E-state index is 12.7. The van der Waals surface area contributed by atoms with Crippen molar-refractivity contribution in [1.82, 2.24) is 20.2 Å². The van der Waals surface area contributed by atoms with Gasteiger partial charge in [-0.2, -0.15) is 13.2 Å². The first kappa shape index (κ1) is 25.0. The van der Waals surface area contributed by atoms with Gasteiger partial charge in [-0.1, -0.05) is 0 Å². The zero-order valence-electron chi connectivity index (χ0n) is 19.0. The molecule has 0 spiro atoms. The van der Waals surface area contributed by atoms with E-state index in [2.05, 4.69) is 15.3 Å². The highest BCUT2D eigenvalue weighted by molar-refractivity contribution is 5.83. The highest BCUT2D eigenvalue weighted by atomic mass is 19.4. The summed E-state index contributed by atoms with van der Waals surface area (Å²) in [5.74, 6) is 0.327. The van der Waals surface area contributed by atoms with Crippen LogP contribution in [0.15, 0.2) is 12.4 Å². The van der Waals surface area contributed by atoms with Gasteiger partial charge < -0.3 is 24.6 Å². The summed E-state index contributed by atoms with van der Waals surface area (Å²) in [7, 11) is 0. The minimum atomic E-state index is -4.51. The second-order valence-electron chi connectivity index (χ2n) is 9.08. The van der Waals surface area contributed by atoms with E-state index < -0.39 is 29.7 Å². The van der Waals surface area contributed by atoms with Gasteiger partial charge in [-0.25, -0.2) is 14.8 Å². The molecule has 1 unspecified atom stereocenters. The number of alkyl carbamates (subject to hydrolysis) is 1. The van der Waals surface area contributed by atoms with E-state index in [-0.39, 0.29) is 25.1 Å². The molecule has 2 aliphatic heterocycles. The van der Waals surface area contributed by atoms with E-state index >= 15 is 0 Å². The average Bonchev–Trinajstić information content (AvgIpc) is 3.10. The molecule has 3 rings (SSSR count). The summed E-state index contributed by atoms with van der Waals surface area (Å²) < 4.78 is 48.8. The van der Waals surface area contributed by atoms with Crippen molar-refractivity contribution in [2.45, 2.75) is 64.0 Å². The Morgan fingerprint density at radius 2 is 1.82 bits per heavy atom. The van der Waals surface area contributed by atoms with Crippen LogP contribution in [0.1, 0.15) is 45.7 Å². The zero-order valence-corrected chi connectivity index (χ0v) is 19.0. The molecule has 2 saturated heterocycles. The number of hydrogen-bond donors (Lipinski definition) is 1. The fraction of sp³-hybridized carbons (Fsp3) is 0.714. The third kappa shape index (κ3) is 6.92. The van der Waals surface area contributed by atoms with Gasteiger partial charge in [0, 0.05) is 38.6 Å². The predicted molar refractivity (Wildman–Crippen MR) is 113 cm³/mol. The number of likely N-dealkylation sites (tertiary alicyclic amines) is 1. The Hall–Kier alpha value is -2.63. The van der Waals surface area contributed by atoms with E-state index in [4.69, 9.17) is 9.47 Å². The van der Waals surface area contributed by atoms with E-state index in [9.17, 15) is 22.8 Å². The Morgan fingerprint density at radius 1 is 1.12 bits per heavy atom. The maximum Gasteiger partial charge on any atom is 0.434 e. The Balaban J connectivity index is 1.40. The van der Waals surface area contributed by atoms with Crippen LogP contribution in [-0.4, -0.2) is 77.4 Å². The fourth-order valence-corrected chi connectivity index (χ4v) is 3.90. The van der Waals surface area contributed by atoms with Gasteiger partial charge in [0.2, 0.25) is 0 Å². The van der Waals surface area contributed by atoms with Crippen molar-refractivity contribution in [2.24, 2.45) is 0 Å². The largest absolute Gasteiger partial charge is 0.444 e. The van der Waals surface area contributed by atoms with Crippen LogP contribution >= 0.6 is 0 Å². The van der Waals surface area contributed by atoms with Gasteiger partial charge in [0.15, 0.2) is 5.69 Å². The number of hydrogen-bond acceptors (Lipinski definition) is 7. The molecule has 1 atom stereocenters. The van der Waals surface area contributed by atoms with Crippen LogP contribution in [0.3, 0.4) is 0 Å². The Morgan fingerprint density at radius 3 is 2.39 bits per heavy atom. The molecule has 3 heterocycles. The predicted octanol–water partition coefficient (Wildman–Crippen LogP) is 2.61. The molecule has 33 heavy (non-hydrogen) atoms. The van der Waals surface area contributed by atoms with Gasteiger partial charge in [0.05, 0.1) is 19.0 Å². The van der Waals surface area contributed by atoms with Crippen molar-refractivity contribution in [3.8, 4) is 0 Å². The number of piperidine rings is 1. The summed E-state index contributed by atoms with van der Waals surface area (Å²) >= 11 is 0.